The van der Waals surface area contributed by atoms with E-state index in [1.165, 1.54) is 84.0 Å². The van der Waals surface area contributed by atoms with Crippen molar-refractivity contribution in [1.82, 2.24) is 0 Å². The van der Waals surface area contributed by atoms with Gasteiger partial charge in [0.15, 0.2) is 0 Å². The van der Waals surface area contributed by atoms with Gasteiger partial charge in [-0.3, -0.25) is 0 Å². The van der Waals surface area contributed by atoms with Crippen molar-refractivity contribution in [3.05, 3.63) is 59.4 Å². The molecule has 262 valence electrons. The van der Waals surface area contributed by atoms with E-state index in [2.05, 4.69) is 26.1 Å². The summed E-state index contributed by atoms with van der Waals surface area (Å²) < 4.78 is 26.6. The molecule has 1 aromatic rings. The maximum Gasteiger partial charge on any atom is 0.336 e. The number of hydrogen-bond acceptors (Lipinski definition) is 5. The minimum absolute atomic E-state index is 0.00577. The van der Waals surface area contributed by atoms with Crippen molar-refractivity contribution in [1.29, 1.82) is 0 Å². The van der Waals surface area contributed by atoms with E-state index >= 15 is 4.39 Å². The van der Waals surface area contributed by atoms with Gasteiger partial charge in [0.25, 0.3) is 0 Å². The van der Waals surface area contributed by atoms with Crippen LogP contribution in [0.3, 0.4) is 0 Å². The molecule has 0 aliphatic heterocycles. The first-order chi connectivity index (χ1) is 22.6. The monoisotopic (exact) mass is 652 g/mol. The molecule has 0 spiro atoms. The lowest BCUT2D eigenvalue weighted by Crippen LogP contribution is -2.31. The first-order valence-electron chi connectivity index (χ1n) is 18.7. The summed E-state index contributed by atoms with van der Waals surface area (Å²) in [5.74, 6) is 2.09. The van der Waals surface area contributed by atoms with Crippen LogP contribution in [0.25, 0.3) is 0 Å². The molecule has 0 radical (unpaired) electrons. The van der Waals surface area contributed by atoms with Gasteiger partial charge in [-0.1, -0.05) is 70.7 Å². The normalized spacial score (nSPS) is 27.8. The van der Waals surface area contributed by atoms with Crippen molar-refractivity contribution in [3.8, 4) is 0 Å². The number of benzene rings is 1. The fourth-order valence-corrected chi connectivity index (χ4v) is 8.66. The molecule has 2 atom stereocenters. The standard InChI is InChI=1S/C41H61FO5/c1-6-7-8-9-30-10-12-31(13-11-30)32-14-16-33(17-15-32)36-22-23-38(39(42)24-36)35-20-18-34(19-21-35)37(25-46-40(44)27(2)3)26-47-41(45)28(4)29(5)43/h22-24,29-35,37,43H,2,4,6-21,25-26H2,1,3,5H3. The number of aliphatic hydroxyl groups is 1. The third-order valence-corrected chi connectivity index (χ3v) is 11.9. The molecule has 1 aromatic carbocycles. The van der Waals surface area contributed by atoms with Crippen LogP contribution < -0.4 is 0 Å². The molecule has 3 saturated carbocycles. The van der Waals surface area contributed by atoms with Crippen LogP contribution in [-0.4, -0.2) is 36.4 Å². The minimum atomic E-state index is -0.997. The van der Waals surface area contributed by atoms with Crippen molar-refractivity contribution in [3.63, 3.8) is 0 Å². The van der Waals surface area contributed by atoms with Crippen molar-refractivity contribution in [2.75, 3.05) is 13.2 Å². The molecule has 47 heavy (non-hydrogen) atoms. The lowest BCUT2D eigenvalue weighted by molar-refractivity contribution is -0.146. The molecule has 0 amide bonds. The number of halogens is 1. The van der Waals surface area contributed by atoms with Gasteiger partial charge in [-0.2, -0.15) is 0 Å². The number of ether oxygens (including phenoxy) is 2. The van der Waals surface area contributed by atoms with Crippen molar-refractivity contribution >= 4 is 11.9 Å². The lowest BCUT2D eigenvalue weighted by Gasteiger charge is -2.38. The Hall–Kier alpha value is -2.47. The molecule has 3 aliphatic rings. The zero-order chi connectivity index (χ0) is 33.9. The van der Waals surface area contributed by atoms with Gasteiger partial charge in [0.2, 0.25) is 0 Å². The predicted octanol–water partition coefficient (Wildman–Crippen LogP) is 9.98. The Morgan fingerprint density at radius 2 is 1.43 bits per heavy atom. The fraction of sp³-hybridized carbons (Fsp3) is 0.707. The second-order valence-electron chi connectivity index (χ2n) is 15.2. The van der Waals surface area contributed by atoms with Crippen LogP contribution in [0.15, 0.2) is 42.5 Å². The highest BCUT2D eigenvalue weighted by atomic mass is 19.1. The average molecular weight is 653 g/mol. The first-order valence-corrected chi connectivity index (χ1v) is 18.7. The molecular formula is C41H61FO5. The van der Waals surface area contributed by atoms with Crippen LogP contribution in [-0.2, 0) is 19.1 Å². The van der Waals surface area contributed by atoms with E-state index < -0.39 is 18.0 Å². The molecule has 0 aromatic heterocycles. The Morgan fingerprint density at radius 3 is 1.98 bits per heavy atom. The Kier molecular flexibility index (Phi) is 14.6. The van der Waals surface area contributed by atoms with Gasteiger partial charge in [-0.25, -0.2) is 14.0 Å². The van der Waals surface area contributed by atoms with E-state index in [9.17, 15) is 14.7 Å². The molecule has 6 heteroatoms. The highest BCUT2D eigenvalue weighted by Gasteiger charge is 2.34. The number of esters is 2. The van der Waals surface area contributed by atoms with E-state index in [1.807, 2.05) is 12.1 Å². The van der Waals surface area contributed by atoms with Crippen LogP contribution in [0.1, 0.15) is 146 Å². The first kappa shape index (κ1) is 37.4. The average Bonchev–Trinajstić information content (AvgIpc) is 3.08. The SMILES string of the molecule is C=C(C)C(=O)OCC(COC(=O)C(=C)C(C)O)C1CCC(c2ccc(C3CCC(C4CCC(CCCCC)CC4)CC3)cc2F)CC1. The molecule has 4 rings (SSSR count). The number of unbranched alkanes of at least 4 members (excludes halogenated alkanes) is 2. The Bertz CT molecular complexity index is 1180. The number of carbonyl (C=O) groups excluding carboxylic acids is 2. The minimum Gasteiger partial charge on any atom is -0.462 e. The van der Waals surface area contributed by atoms with Crippen LogP contribution in [0.2, 0.25) is 0 Å². The lowest BCUT2D eigenvalue weighted by atomic mass is 9.68. The number of carbonyl (C=O) groups is 2. The summed E-state index contributed by atoms with van der Waals surface area (Å²) in [6, 6.07) is 6.05. The van der Waals surface area contributed by atoms with Gasteiger partial charge in [-0.05, 0) is 131 Å². The van der Waals surface area contributed by atoms with Crippen molar-refractivity contribution in [2.45, 2.75) is 141 Å². The molecule has 3 fully saturated rings. The fourth-order valence-electron chi connectivity index (χ4n) is 8.66. The van der Waals surface area contributed by atoms with Crippen LogP contribution in [0.5, 0.6) is 0 Å². The predicted molar refractivity (Wildman–Crippen MR) is 186 cm³/mol. The summed E-state index contributed by atoms with van der Waals surface area (Å²) in [4.78, 5) is 24.4. The zero-order valence-corrected chi connectivity index (χ0v) is 29.5. The summed E-state index contributed by atoms with van der Waals surface area (Å²) in [5, 5.41) is 9.68. The molecule has 0 bridgehead atoms. The quantitative estimate of drug-likeness (QED) is 0.116. The number of hydrogen-bond donors (Lipinski definition) is 1. The maximum atomic E-state index is 15.6. The van der Waals surface area contributed by atoms with E-state index in [4.69, 9.17) is 9.47 Å². The molecule has 0 saturated heterocycles. The molecule has 3 aliphatic carbocycles. The van der Waals surface area contributed by atoms with E-state index in [0.29, 0.717) is 11.5 Å². The van der Waals surface area contributed by atoms with Crippen molar-refractivity contribution < 1.29 is 28.6 Å². The smallest absolute Gasteiger partial charge is 0.336 e. The largest absolute Gasteiger partial charge is 0.462 e. The van der Waals surface area contributed by atoms with Gasteiger partial charge in [0.1, 0.15) is 5.82 Å². The highest BCUT2D eigenvalue weighted by Crippen LogP contribution is 2.46. The second kappa shape index (κ2) is 18.3. The Morgan fingerprint density at radius 1 is 0.851 bits per heavy atom. The Balaban J connectivity index is 1.26. The van der Waals surface area contributed by atoms with Gasteiger partial charge in [0.05, 0.1) is 24.9 Å². The molecule has 0 heterocycles. The summed E-state index contributed by atoms with van der Waals surface area (Å²) in [6.07, 6.45) is 18.5. The second-order valence-corrected chi connectivity index (χ2v) is 15.2. The topological polar surface area (TPSA) is 72.8 Å². The number of rotatable bonds is 15. The summed E-state index contributed by atoms with van der Waals surface area (Å²) >= 11 is 0. The summed E-state index contributed by atoms with van der Waals surface area (Å²) in [5.41, 5.74) is 2.28. The van der Waals surface area contributed by atoms with Crippen LogP contribution >= 0.6 is 0 Å². The van der Waals surface area contributed by atoms with Crippen LogP contribution in [0, 0.1) is 35.4 Å². The molecule has 5 nitrogen and oxygen atoms in total. The van der Waals surface area contributed by atoms with E-state index in [-0.39, 0.29) is 42.4 Å². The van der Waals surface area contributed by atoms with Gasteiger partial charge in [-0.15, -0.1) is 0 Å². The third kappa shape index (κ3) is 10.8. The van der Waals surface area contributed by atoms with Crippen LogP contribution in [0.4, 0.5) is 4.39 Å². The third-order valence-electron chi connectivity index (χ3n) is 11.9. The molecule has 2 unspecified atom stereocenters. The van der Waals surface area contributed by atoms with E-state index in [0.717, 1.165) is 54.6 Å². The van der Waals surface area contributed by atoms with Crippen molar-refractivity contribution in [2.24, 2.45) is 29.6 Å². The molecule has 1 N–H and O–H groups in total. The van der Waals surface area contributed by atoms with Gasteiger partial charge in [0, 0.05) is 11.5 Å². The Labute approximate surface area is 283 Å². The maximum absolute atomic E-state index is 15.6. The zero-order valence-electron chi connectivity index (χ0n) is 29.5. The van der Waals surface area contributed by atoms with Gasteiger partial charge < -0.3 is 14.6 Å². The summed E-state index contributed by atoms with van der Waals surface area (Å²) in [6.45, 7) is 12.8. The van der Waals surface area contributed by atoms with E-state index in [1.54, 1.807) is 6.92 Å². The number of aliphatic hydroxyl groups excluding tert-OH is 1. The summed E-state index contributed by atoms with van der Waals surface area (Å²) in [7, 11) is 0. The highest BCUT2D eigenvalue weighted by molar-refractivity contribution is 5.88. The molecular weight excluding hydrogens is 591 g/mol. The van der Waals surface area contributed by atoms with Gasteiger partial charge >= 0.3 is 11.9 Å².